The van der Waals surface area contributed by atoms with Crippen LogP contribution < -0.4 is 0 Å². The summed E-state index contributed by atoms with van der Waals surface area (Å²) in [4.78, 5) is 11.1. The highest BCUT2D eigenvalue weighted by molar-refractivity contribution is 7.80. The van der Waals surface area contributed by atoms with Crippen LogP contribution in [-0.4, -0.2) is 24.9 Å². The van der Waals surface area contributed by atoms with Crippen LogP contribution in [0.2, 0.25) is 0 Å². The largest absolute Gasteiger partial charge is 0.397 e. The highest BCUT2D eigenvalue weighted by Crippen LogP contribution is 2.43. The molecule has 0 spiro atoms. The molecule has 1 atom stereocenters. The van der Waals surface area contributed by atoms with Gasteiger partial charge in [-0.1, -0.05) is 25.0 Å². The van der Waals surface area contributed by atoms with Gasteiger partial charge in [0.2, 0.25) is 0 Å². The van der Waals surface area contributed by atoms with Gasteiger partial charge in [0.15, 0.2) is 0 Å². The maximum absolute atomic E-state index is 11.1. The predicted octanol–water partition coefficient (Wildman–Crippen LogP) is 2.68. The topological polar surface area (TPSA) is 80.7 Å². The second-order valence-electron chi connectivity index (χ2n) is 5.90. The molecule has 0 radical (unpaired) electrons. The van der Waals surface area contributed by atoms with Crippen molar-refractivity contribution in [1.29, 1.82) is 0 Å². The minimum atomic E-state index is -4.42. The van der Waals surface area contributed by atoms with E-state index in [1.165, 1.54) is 5.57 Å². The first kappa shape index (κ1) is 16.3. The summed E-state index contributed by atoms with van der Waals surface area (Å²) in [6.07, 6.45) is 1.65. The molecule has 1 unspecified atom stereocenters. The van der Waals surface area contributed by atoms with Gasteiger partial charge >= 0.3 is 10.4 Å². The van der Waals surface area contributed by atoms with Gasteiger partial charge in [-0.05, 0) is 38.5 Å². The molecule has 0 amide bonds. The molecule has 0 bridgehead atoms. The molecule has 0 aromatic heterocycles. The van der Waals surface area contributed by atoms with Gasteiger partial charge in [-0.15, -0.1) is 0 Å². The fraction of sp³-hybridized carbons (Fsp3) is 0.769. The molecule has 1 N–H and O–H groups in total. The van der Waals surface area contributed by atoms with E-state index in [1.54, 1.807) is 6.92 Å². The summed E-state index contributed by atoms with van der Waals surface area (Å²) >= 11 is 0. The molecule has 0 fully saturated rings. The normalized spacial score (nSPS) is 23.5. The van der Waals surface area contributed by atoms with E-state index in [0.29, 0.717) is 25.7 Å². The summed E-state index contributed by atoms with van der Waals surface area (Å²) in [6, 6.07) is 0. The average molecular weight is 290 g/mol. The van der Waals surface area contributed by atoms with Gasteiger partial charge in [0.1, 0.15) is 5.78 Å². The van der Waals surface area contributed by atoms with Crippen molar-refractivity contribution in [2.45, 2.75) is 59.5 Å². The molecule has 0 saturated carbocycles. The molecule has 110 valence electrons. The quantitative estimate of drug-likeness (QED) is 0.622. The predicted molar refractivity (Wildman–Crippen MR) is 72.1 cm³/mol. The van der Waals surface area contributed by atoms with E-state index in [0.717, 1.165) is 5.57 Å². The Hall–Kier alpha value is -0.720. The number of carbonyl (C=O) groups is 1. The Kier molecular flexibility index (Phi) is 4.92. The third-order valence-electron chi connectivity index (χ3n) is 3.59. The molecule has 0 aromatic carbocycles. The summed E-state index contributed by atoms with van der Waals surface area (Å²) in [5.41, 5.74) is 2.01. The van der Waals surface area contributed by atoms with E-state index in [9.17, 15) is 13.2 Å². The number of hydrogen-bond donors (Lipinski definition) is 1. The van der Waals surface area contributed by atoms with Crippen LogP contribution in [0.25, 0.3) is 0 Å². The fourth-order valence-corrected chi connectivity index (χ4v) is 3.38. The van der Waals surface area contributed by atoms with Crippen molar-refractivity contribution in [1.82, 2.24) is 0 Å². The number of Topliss-reactive ketones (excluding diaryl/α,β-unsaturated/α-hetero) is 1. The molecule has 6 heteroatoms. The number of rotatable bonds is 5. The van der Waals surface area contributed by atoms with Gasteiger partial charge in [0.05, 0.1) is 6.10 Å². The van der Waals surface area contributed by atoms with Crippen LogP contribution in [0.3, 0.4) is 0 Å². The molecule has 5 nitrogen and oxygen atoms in total. The first-order chi connectivity index (χ1) is 8.51. The van der Waals surface area contributed by atoms with Crippen LogP contribution in [-0.2, 0) is 19.4 Å². The molecular formula is C13H22O5S. The molecule has 0 aromatic rings. The molecule has 1 rings (SSSR count). The van der Waals surface area contributed by atoms with Crippen LogP contribution in [0.15, 0.2) is 11.1 Å². The van der Waals surface area contributed by atoms with E-state index in [2.05, 4.69) is 4.18 Å². The van der Waals surface area contributed by atoms with E-state index < -0.39 is 16.5 Å². The second-order valence-corrected chi connectivity index (χ2v) is 6.95. The smallest absolute Gasteiger partial charge is 0.300 e. The average Bonchev–Trinajstić information content (AvgIpc) is 2.10. The lowest BCUT2D eigenvalue weighted by Crippen LogP contribution is -2.32. The summed E-state index contributed by atoms with van der Waals surface area (Å²) < 4.78 is 35.0. The van der Waals surface area contributed by atoms with Crippen LogP contribution in [0.5, 0.6) is 0 Å². The van der Waals surface area contributed by atoms with E-state index in [4.69, 9.17) is 4.55 Å². The summed E-state index contributed by atoms with van der Waals surface area (Å²) in [5.74, 6) is 0.146. The number of hydrogen-bond acceptors (Lipinski definition) is 4. The maximum atomic E-state index is 11.1. The standard InChI is InChI=1S/C13H22O5S/c1-9-7-11(18-19(15,16)17)8-13(3,4)12(9)6-5-10(2)14/h11H,5-8H2,1-4H3,(H,15,16,17). The zero-order valence-electron chi connectivity index (χ0n) is 11.9. The Bertz CT molecular complexity index is 487. The lowest BCUT2D eigenvalue weighted by atomic mass is 9.70. The molecular weight excluding hydrogens is 268 g/mol. The van der Waals surface area contributed by atoms with Crippen LogP contribution in [0, 0.1) is 5.41 Å². The first-order valence-corrected chi connectivity index (χ1v) is 7.72. The number of carbonyl (C=O) groups excluding carboxylic acids is 1. The summed E-state index contributed by atoms with van der Waals surface area (Å²) in [5, 5.41) is 0. The number of allylic oxidation sites excluding steroid dienone is 1. The first-order valence-electron chi connectivity index (χ1n) is 6.35. The summed E-state index contributed by atoms with van der Waals surface area (Å²) in [6.45, 7) is 7.50. The lowest BCUT2D eigenvalue weighted by Gasteiger charge is -2.38. The Morgan fingerprint density at radius 1 is 1.47 bits per heavy atom. The van der Waals surface area contributed by atoms with Crippen LogP contribution in [0.4, 0.5) is 0 Å². The Morgan fingerprint density at radius 3 is 2.47 bits per heavy atom. The second kappa shape index (κ2) is 5.73. The molecule has 0 aliphatic heterocycles. The molecule has 1 aliphatic carbocycles. The Balaban J connectivity index is 2.88. The van der Waals surface area contributed by atoms with Gasteiger partial charge in [-0.25, -0.2) is 4.18 Å². The zero-order valence-corrected chi connectivity index (χ0v) is 12.7. The van der Waals surface area contributed by atoms with Gasteiger partial charge in [-0.3, -0.25) is 4.55 Å². The Morgan fingerprint density at radius 2 is 2.05 bits per heavy atom. The van der Waals surface area contributed by atoms with Gasteiger partial charge < -0.3 is 4.79 Å². The van der Waals surface area contributed by atoms with Crippen molar-refractivity contribution in [2.75, 3.05) is 0 Å². The van der Waals surface area contributed by atoms with Gasteiger partial charge in [-0.2, -0.15) is 8.42 Å². The van der Waals surface area contributed by atoms with Crippen molar-refractivity contribution >= 4 is 16.2 Å². The van der Waals surface area contributed by atoms with Gasteiger partial charge in [0, 0.05) is 6.42 Å². The SMILES string of the molecule is CC(=O)CCC1=C(C)CC(OS(=O)(=O)O)CC1(C)C. The third-order valence-corrected chi connectivity index (χ3v) is 4.10. The maximum Gasteiger partial charge on any atom is 0.397 e. The number of ketones is 1. The highest BCUT2D eigenvalue weighted by Gasteiger charge is 2.35. The van der Waals surface area contributed by atoms with Crippen molar-refractivity contribution in [3.05, 3.63) is 11.1 Å². The highest BCUT2D eigenvalue weighted by atomic mass is 32.3. The minimum Gasteiger partial charge on any atom is -0.300 e. The Labute approximate surface area is 115 Å². The van der Waals surface area contributed by atoms with E-state index in [-0.39, 0.29) is 11.2 Å². The van der Waals surface area contributed by atoms with E-state index in [1.807, 2.05) is 20.8 Å². The van der Waals surface area contributed by atoms with Crippen molar-refractivity contribution < 1.29 is 21.9 Å². The van der Waals surface area contributed by atoms with Crippen molar-refractivity contribution in [3.8, 4) is 0 Å². The van der Waals surface area contributed by atoms with Crippen LogP contribution in [0.1, 0.15) is 53.4 Å². The third kappa shape index (κ3) is 5.04. The lowest BCUT2D eigenvalue weighted by molar-refractivity contribution is -0.117. The molecule has 1 aliphatic rings. The minimum absolute atomic E-state index is 0.146. The van der Waals surface area contributed by atoms with Gasteiger partial charge in [0.25, 0.3) is 0 Å². The molecule has 0 saturated heterocycles. The van der Waals surface area contributed by atoms with Crippen molar-refractivity contribution in [3.63, 3.8) is 0 Å². The van der Waals surface area contributed by atoms with Crippen LogP contribution >= 0.6 is 0 Å². The zero-order chi connectivity index (χ0) is 14.8. The monoisotopic (exact) mass is 290 g/mol. The summed E-state index contributed by atoms with van der Waals surface area (Å²) in [7, 11) is -4.42. The fourth-order valence-electron chi connectivity index (χ4n) is 2.90. The molecule has 0 heterocycles. The van der Waals surface area contributed by atoms with E-state index >= 15 is 0 Å². The van der Waals surface area contributed by atoms with Crippen molar-refractivity contribution in [2.24, 2.45) is 5.41 Å². The molecule has 19 heavy (non-hydrogen) atoms.